The molecule has 3 rings (SSSR count). The molecule has 0 atom stereocenters. The molecule has 5 heteroatoms. The third-order valence-electron chi connectivity index (χ3n) is 2.88. The van der Waals surface area contributed by atoms with Crippen molar-refractivity contribution in [2.75, 3.05) is 0 Å². The predicted octanol–water partition coefficient (Wildman–Crippen LogP) is 2.95. The molecular weight excluding hydrogens is 341 g/mol. The van der Waals surface area contributed by atoms with Crippen molar-refractivity contribution in [2.24, 2.45) is 7.05 Å². The number of imidazole rings is 1. The molecule has 0 aliphatic rings. The number of fused-ring (bicyclic) bond motifs is 1. The van der Waals surface area contributed by atoms with Crippen LogP contribution in [0.3, 0.4) is 0 Å². The molecule has 0 aliphatic heterocycles. The van der Waals surface area contributed by atoms with E-state index in [0.717, 1.165) is 26.0 Å². The van der Waals surface area contributed by atoms with Gasteiger partial charge in [-0.05, 0) is 46.9 Å². The first-order valence-electron chi connectivity index (χ1n) is 5.42. The van der Waals surface area contributed by atoms with Crippen LogP contribution < -0.4 is 0 Å². The monoisotopic (exact) mass is 351 g/mol. The number of halogens is 1. The summed E-state index contributed by atoms with van der Waals surface area (Å²) in [6.45, 7) is 0. The van der Waals surface area contributed by atoms with Gasteiger partial charge >= 0.3 is 0 Å². The molecule has 90 valence electrons. The average Bonchev–Trinajstić information content (AvgIpc) is 2.71. The van der Waals surface area contributed by atoms with Crippen molar-refractivity contribution in [3.05, 3.63) is 40.2 Å². The Labute approximate surface area is 117 Å². The van der Waals surface area contributed by atoms with Crippen LogP contribution in [0.5, 0.6) is 5.75 Å². The lowest BCUT2D eigenvalue weighted by Gasteiger charge is -2.05. The van der Waals surface area contributed by atoms with Crippen molar-refractivity contribution in [1.82, 2.24) is 14.5 Å². The Kier molecular flexibility index (Phi) is 2.70. The molecule has 0 bridgehead atoms. The maximum Gasteiger partial charge on any atom is 0.144 e. The number of aromatic nitrogens is 3. The van der Waals surface area contributed by atoms with E-state index in [1.165, 1.54) is 0 Å². The van der Waals surface area contributed by atoms with Gasteiger partial charge in [0.2, 0.25) is 0 Å². The van der Waals surface area contributed by atoms with E-state index < -0.39 is 0 Å². The minimum atomic E-state index is 0.238. The number of phenolic OH excluding ortho intramolecular Hbond substituents is 1. The normalized spacial score (nSPS) is 11.0. The van der Waals surface area contributed by atoms with Crippen LogP contribution in [0.1, 0.15) is 0 Å². The van der Waals surface area contributed by atoms with E-state index in [0.29, 0.717) is 0 Å². The largest absolute Gasteiger partial charge is 0.507 e. The summed E-state index contributed by atoms with van der Waals surface area (Å²) in [5.74, 6) is 0.982. The Bertz CT molecular complexity index is 736. The molecule has 0 radical (unpaired) electrons. The fourth-order valence-electron chi connectivity index (χ4n) is 1.98. The fourth-order valence-corrected chi connectivity index (χ4v) is 2.47. The maximum atomic E-state index is 9.97. The number of rotatable bonds is 1. The number of hydrogen-bond acceptors (Lipinski definition) is 3. The van der Waals surface area contributed by atoms with Crippen molar-refractivity contribution in [2.45, 2.75) is 0 Å². The Morgan fingerprint density at radius 3 is 2.89 bits per heavy atom. The average molecular weight is 351 g/mol. The molecule has 0 saturated carbocycles. The highest BCUT2D eigenvalue weighted by atomic mass is 127. The van der Waals surface area contributed by atoms with Gasteiger partial charge in [-0.1, -0.05) is 0 Å². The molecule has 18 heavy (non-hydrogen) atoms. The summed E-state index contributed by atoms with van der Waals surface area (Å²) in [4.78, 5) is 8.58. The molecule has 4 nitrogen and oxygen atoms in total. The zero-order valence-corrected chi connectivity index (χ0v) is 11.8. The Balaban J connectivity index is 2.31. The Morgan fingerprint density at radius 1 is 1.28 bits per heavy atom. The molecule has 1 N–H and O–H groups in total. The van der Waals surface area contributed by atoms with Crippen LogP contribution >= 0.6 is 22.6 Å². The summed E-state index contributed by atoms with van der Waals surface area (Å²) in [5.41, 5.74) is 2.56. The lowest BCUT2D eigenvalue weighted by molar-refractivity contribution is 0.476. The van der Waals surface area contributed by atoms with Crippen molar-refractivity contribution < 1.29 is 5.11 Å². The molecule has 0 spiro atoms. The third kappa shape index (κ3) is 1.74. The number of aromatic hydroxyl groups is 1. The number of hydrogen-bond donors (Lipinski definition) is 1. The molecule has 0 aliphatic carbocycles. The van der Waals surface area contributed by atoms with Crippen molar-refractivity contribution in [1.29, 1.82) is 0 Å². The van der Waals surface area contributed by atoms with Crippen molar-refractivity contribution in [3.63, 3.8) is 0 Å². The van der Waals surface area contributed by atoms with E-state index in [4.69, 9.17) is 0 Å². The highest BCUT2D eigenvalue weighted by Crippen LogP contribution is 2.31. The molecule has 3 aromatic rings. The lowest BCUT2D eigenvalue weighted by Crippen LogP contribution is -1.93. The number of aryl methyl sites for hydroxylation is 1. The molecule has 0 unspecified atom stereocenters. The fraction of sp³-hybridized carbons (Fsp3) is 0.0769. The lowest BCUT2D eigenvalue weighted by atomic mass is 10.2. The quantitative estimate of drug-likeness (QED) is 0.686. The molecule has 2 aromatic heterocycles. The van der Waals surface area contributed by atoms with Crippen LogP contribution in [0.15, 0.2) is 36.7 Å². The summed E-state index contributed by atoms with van der Waals surface area (Å²) in [7, 11) is 1.93. The van der Waals surface area contributed by atoms with Gasteiger partial charge in [-0.3, -0.25) is 4.98 Å². The molecule has 0 amide bonds. The van der Waals surface area contributed by atoms with Crippen LogP contribution in [0.4, 0.5) is 0 Å². The maximum absolute atomic E-state index is 9.97. The van der Waals surface area contributed by atoms with Gasteiger partial charge in [0, 0.05) is 16.8 Å². The van der Waals surface area contributed by atoms with Crippen LogP contribution in [-0.2, 0) is 7.05 Å². The smallest absolute Gasteiger partial charge is 0.144 e. The minimum Gasteiger partial charge on any atom is -0.507 e. The number of phenols is 1. The predicted molar refractivity (Wildman–Crippen MR) is 78.3 cm³/mol. The van der Waals surface area contributed by atoms with Gasteiger partial charge in [0.05, 0.1) is 17.3 Å². The van der Waals surface area contributed by atoms with E-state index in [1.807, 2.05) is 29.8 Å². The number of pyridine rings is 1. The minimum absolute atomic E-state index is 0.238. The van der Waals surface area contributed by atoms with Gasteiger partial charge in [-0.25, -0.2) is 4.98 Å². The van der Waals surface area contributed by atoms with E-state index in [2.05, 4.69) is 32.6 Å². The molecule has 2 heterocycles. The molecule has 0 fully saturated rings. The first-order valence-corrected chi connectivity index (χ1v) is 6.50. The van der Waals surface area contributed by atoms with Crippen molar-refractivity contribution >= 4 is 33.6 Å². The van der Waals surface area contributed by atoms with Crippen LogP contribution in [0.2, 0.25) is 0 Å². The second-order valence-electron chi connectivity index (χ2n) is 4.02. The van der Waals surface area contributed by atoms with Gasteiger partial charge in [-0.15, -0.1) is 0 Å². The summed E-state index contributed by atoms with van der Waals surface area (Å²) in [6.07, 6.45) is 3.46. The number of benzene rings is 1. The van der Waals surface area contributed by atoms with Crippen molar-refractivity contribution in [3.8, 4) is 17.1 Å². The van der Waals surface area contributed by atoms with E-state index >= 15 is 0 Å². The summed E-state index contributed by atoms with van der Waals surface area (Å²) >= 11 is 2.22. The van der Waals surface area contributed by atoms with Crippen LogP contribution in [0.25, 0.3) is 22.4 Å². The second-order valence-corrected chi connectivity index (χ2v) is 5.27. The van der Waals surface area contributed by atoms with Gasteiger partial charge in [0.25, 0.3) is 0 Å². The number of nitrogens with zero attached hydrogens (tertiary/aromatic N) is 3. The van der Waals surface area contributed by atoms with E-state index in [1.54, 1.807) is 18.5 Å². The van der Waals surface area contributed by atoms with Gasteiger partial charge < -0.3 is 9.67 Å². The summed E-state index contributed by atoms with van der Waals surface area (Å²) in [5, 5.41) is 9.97. The third-order valence-corrected chi connectivity index (χ3v) is 3.55. The van der Waals surface area contributed by atoms with Gasteiger partial charge in [-0.2, -0.15) is 0 Å². The first-order chi connectivity index (χ1) is 8.66. The topological polar surface area (TPSA) is 50.9 Å². The van der Waals surface area contributed by atoms with E-state index in [-0.39, 0.29) is 5.75 Å². The van der Waals surface area contributed by atoms with Crippen LogP contribution in [-0.4, -0.2) is 19.6 Å². The second kappa shape index (κ2) is 4.24. The van der Waals surface area contributed by atoms with Gasteiger partial charge in [0.1, 0.15) is 17.1 Å². The Morgan fingerprint density at radius 2 is 2.11 bits per heavy atom. The first kappa shape index (κ1) is 11.5. The molecular formula is C13H10IN3O. The molecule has 0 saturated heterocycles. The Hall–Kier alpha value is -1.63. The standard InChI is InChI=1S/C13H10IN3O/c1-17-11-4-5-15-7-10(11)16-13(17)9-6-8(14)2-3-12(9)18/h2-7,18H,1H3. The molecule has 1 aromatic carbocycles. The summed E-state index contributed by atoms with van der Waals surface area (Å²) in [6, 6.07) is 7.39. The highest BCUT2D eigenvalue weighted by molar-refractivity contribution is 14.1. The highest BCUT2D eigenvalue weighted by Gasteiger charge is 2.13. The van der Waals surface area contributed by atoms with Crippen LogP contribution in [0, 0.1) is 3.57 Å². The summed E-state index contributed by atoms with van der Waals surface area (Å²) < 4.78 is 3.02. The zero-order chi connectivity index (χ0) is 12.7. The zero-order valence-electron chi connectivity index (χ0n) is 9.63. The van der Waals surface area contributed by atoms with Gasteiger partial charge in [0.15, 0.2) is 0 Å². The van der Waals surface area contributed by atoms with E-state index in [9.17, 15) is 5.11 Å². The SMILES string of the molecule is Cn1c(-c2cc(I)ccc2O)nc2cnccc21.